The Morgan fingerprint density at radius 2 is 1.41 bits per heavy atom. The second-order valence-electron chi connectivity index (χ2n) is 3.55. The summed E-state index contributed by atoms with van der Waals surface area (Å²) in [7, 11) is -5.42. The van der Waals surface area contributed by atoms with Gasteiger partial charge in [-0.25, -0.2) is 0 Å². The van der Waals surface area contributed by atoms with Gasteiger partial charge in [0.2, 0.25) is 0 Å². The van der Waals surface area contributed by atoms with Crippen LogP contribution in [-0.2, 0) is 18.2 Å². The molecule has 2 atom stereocenters. The van der Waals surface area contributed by atoms with Crippen LogP contribution in [0.1, 0.15) is 6.42 Å². The molecule has 104 valence electrons. The third kappa shape index (κ3) is 8.02. The fraction of sp³-hybridized carbons (Fsp3) is 1.00. The van der Waals surface area contributed by atoms with E-state index in [4.69, 9.17) is 9.79 Å². The number of aliphatic hydroxyl groups is 2. The Hall–Kier alpha value is 0.220. The molecule has 17 heavy (non-hydrogen) atoms. The first-order valence-corrected chi connectivity index (χ1v) is 8.25. The summed E-state index contributed by atoms with van der Waals surface area (Å²) in [5.41, 5.74) is 0. The van der Waals surface area contributed by atoms with Gasteiger partial charge in [0, 0.05) is 20.6 Å². The highest BCUT2D eigenvalue weighted by molar-refractivity contribution is 7.53. The van der Waals surface area contributed by atoms with Gasteiger partial charge in [-0.15, -0.1) is 0 Å². The predicted octanol–water partition coefficient (Wildman–Crippen LogP) is -0.238. The second-order valence-corrected chi connectivity index (χ2v) is 7.56. The van der Waals surface area contributed by atoms with Crippen LogP contribution in [0.3, 0.4) is 0 Å². The molecule has 0 amide bonds. The second kappa shape index (κ2) is 6.97. The molecule has 0 saturated heterocycles. The normalized spacial score (nSPS) is 16.8. The topological polar surface area (TPSA) is 134 Å². The van der Waals surface area contributed by atoms with E-state index in [-0.39, 0.29) is 12.6 Å². The summed E-state index contributed by atoms with van der Waals surface area (Å²) in [4.78, 5) is 17.2. The molecular weight excluding hydrogens is 274 g/mol. The van der Waals surface area contributed by atoms with Crippen LogP contribution < -0.4 is 0 Å². The van der Waals surface area contributed by atoms with Crippen molar-refractivity contribution in [2.75, 3.05) is 26.5 Å². The summed E-state index contributed by atoms with van der Waals surface area (Å²) >= 11 is 0. The summed E-state index contributed by atoms with van der Waals surface area (Å²) in [5, 5.41) is 18.7. The molecule has 4 N–H and O–H groups in total. The van der Waals surface area contributed by atoms with Crippen molar-refractivity contribution in [2.45, 2.75) is 18.6 Å². The summed E-state index contributed by atoms with van der Waals surface area (Å²) in [6.07, 6.45) is -4.04. The van der Waals surface area contributed by atoms with Crippen LogP contribution >= 0.6 is 15.2 Å². The van der Waals surface area contributed by atoms with E-state index in [1.165, 1.54) is 0 Å². The lowest BCUT2D eigenvalue weighted by Gasteiger charge is -2.19. The molecule has 0 aliphatic heterocycles. The molecule has 0 fully saturated rings. The van der Waals surface area contributed by atoms with Crippen molar-refractivity contribution in [3.63, 3.8) is 0 Å². The molecule has 0 aliphatic carbocycles. The van der Waals surface area contributed by atoms with Crippen molar-refractivity contribution >= 4 is 15.2 Å². The van der Waals surface area contributed by atoms with Crippen molar-refractivity contribution in [3.8, 4) is 0 Å². The third-order valence-electron chi connectivity index (χ3n) is 1.98. The Labute approximate surface area is 99.3 Å². The monoisotopic (exact) mass is 292 g/mol. The molecule has 0 saturated carbocycles. The Morgan fingerprint density at radius 1 is 1.00 bits per heavy atom. The molecule has 0 bridgehead atoms. The van der Waals surface area contributed by atoms with Crippen molar-refractivity contribution in [3.05, 3.63) is 0 Å². The van der Waals surface area contributed by atoms with Crippen molar-refractivity contribution in [1.29, 1.82) is 0 Å². The lowest BCUT2D eigenvalue weighted by atomic mass is 10.2. The fourth-order valence-electron chi connectivity index (χ4n) is 1.22. The van der Waals surface area contributed by atoms with E-state index in [2.05, 4.69) is 9.05 Å². The summed E-state index contributed by atoms with van der Waals surface area (Å²) in [5.74, 6) is 0. The molecule has 0 radical (unpaired) electrons. The van der Waals surface area contributed by atoms with Crippen LogP contribution in [0.4, 0.5) is 0 Å². The quantitative estimate of drug-likeness (QED) is 0.450. The van der Waals surface area contributed by atoms with E-state index in [0.29, 0.717) is 0 Å². The van der Waals surface area contributed by atoms with Crippen LogP contribution in [0.2, 0.25) is 0 Å². The van der Waals surface area contributed by atoms with E-state index in [1.54, 1.807) is 0 Å². The Balaban J connectivity index is 4.23. The molecule has 10 heteroatoms. The zero-order valence-corrected chi connectivity index (χ0v) is 11.4. The van der Waals surface area contributed by atoms with E-state index >= 15 is 0 Å². The molecule has 0 rings (SSSR count). The van der Waals surface area contributed by atoms with Gasteiger partial charge in [-0.05, 0) is 0 Å². The number of hydrogen-bond acceptors (Lipinski definition) is 6. The minimum Gasteiger partial charge on any atom is -0.392 e. The molecule has 0 aromatic rings. The lowest BCUT2D eigenvalue weighted by Crippen LogP contribution is -2.24. The van der Waals surface area contributed by atoms with Crippen LogP contribution in [0, 0.1) is 0 Å². The SMILES string of the molecule is COP(=O)(CC(O)CC(O)CP(=O)(O)O)OC. The van der Waals surface area contributed by atoms with Gasteiger partial charge >= 0.3 is 15.2 Å². The van der Waals surface area contributed by atoms with Crippen molar-refractivity contribution in [1.82, 2.24) is 0 Å². The van der Waals surface area contributed by atoms with Gasteiger partial charge in [0.25, 0.3) is 0 Å². The molecule has 0 heterocycles. The largest absolute Gasteiger partial charge is 0.392 e. The van der Waals surface area contributed by atoms with Crippen LogP contribution in [0.15, 0.2) is 0 Å². The number of aliphatic hydroxyl groups excluding tert-OH is 2. The maximum atomic E-state index is 11.6. The van der Waals surface area contributed by atoms with Gasteiger partial charge in [-0.3, -0.25) is 9.13 Å². The average Bonchev–Trinajstić information content (AvgIpc) is 2.14. The van der Waals surface area contributed by atoms with Crippen LogP contribution in [0.25, 0.3) is 0 Å². The summed E-state index contributed by atoms with van der Waals surface area (Å²) < 4.78 is 31.3. The molecule has 0 aliphatic rings. The molecule has 0 spiro atoms. The average molecular weight is 292 g/mol. The Kier molecular flexibility index (Phi) is 7.06. The lowest BCUT2D eigenvalue weighted by molar-refractivity contribution is 0.0976. The van der Waals surface area contributed by atoms with E-state index < -0.39 is 33.6 Å². The highest BCUT2D eigenvalue weighted by Gasteiger charge is 2.28. The fourth-order valence-corrected chi connectivity index (χ4v) is 3.03. The molecule has 2 unspecified atom stereocenters. The Morgan fingerprint density at radius 3 is 1.76 bits per heavy atom. The van der Waals surface area contributed by atoms with Gasteiger partial charge < -0.3 is 29.0 Å². The first-order valence-electron chi connectivity index (χ1n) is 4.73. The minimum absolute atomic E-state index is 0.318. The number of rotatable bonds is 8. The van der Waals surface area contributed by atoms with E-state index in [0.717, 1.165) is 14.2 Å². The molecular formula is C7H18O8P2. The van der Waals surface area contributed by atoms with Crippen LogP contribution in [0.5, 0.6) is 0 Å². The summed E-state index contributed by atoms with van der Waals surface area (Å²) in [6.45, 7) is 0. The van der Waals surface area contributed by atoms with Gasteiger partial charge in [-0.2, -0.15) is 0 Å². The third-order valence-corrected chi connectivity index (χ3v) is 4.86. The van der Waals surface area contributed by atoms with Gasteiger partial charge in [0.15, 0.2) is 0 Å². The molecule has 0 aromatic carbocycles. The van der Waals surface area contributed by atoms with Gasteiger partial charge in [0.05, 0.1) is 24.5 Å². The van der Waals surface area contributed by atoms with E-state index in [9.17, 15) is 19.3 Å². The summed E-state index contributed by atoms with van der Waals surface area (Å²) in [6, 6.07) is 0. The molecule has 0 aromatic heterocycles. The van der Waals surface area contributed by atoms with Crippen molar-refractivity contribution < 1.29 is 38.2 Å². The minimum atomic E-state index is -4.34. The zero-order valence-electron chi connectivity index (χ0n) is 9.59. The highest BCUT2D eigenvalue weighted by Crippen LogP contribution is 2.47. The Bertz CT molecular complexity index is 305. The van der Waals surface area contributed by atoms with Gasteiger partial charge in [0.1, 0.15) is 0 Å². The smallest absolute Gasteiger partial charge is 0.332 e. The highest BCUT2D eigenvalue weighted by atomic mass is 31.2. The zero-order chi connectivity index (χ0) is 13.7. The first-order chi connectivity index (χ1) is 7.62. The maximum Gasteiger partial charge on any atom is 0.332 e. The first kappa shape index (κ1) is 17.2. The van der Waals surface area contributed by atoms with Crippen molar-refractivity contribution in [2.24, 2.45) is 0 Å². The van der Waals surface area contributed by atoms with E-state index in [1.807, 2.05) is 0 Å². The van der Waals surface area contributed by atoms with Crippen LogP contribution in [-0.4, -0.2) is 58.8 Å². The molecule has 8 nitrogen and oxygen atoms in total. The maximum absolute atomic E-state index is 11.6. The standard InChI is InChI=1S/C7H18O8P2/c1-14-17(13,15-2)5-7(9)3-6(8)4-16(10,11)12/h6-9H,3-5H2,1-2H3,(H2,10,11,12). The predicted molar refractivity (Wildman–Crippen MR) is 60.0 cm³/mol. The number of hydrogen-bond donors (Lipinski definition) is 4. The van der Waals surface area contributed by atoms with Gasteiger partial charge in [-0.1, -0.05) is 0 Å².